The summed E-state index contributed by atoms with van der Waals surface area (Å²) in [6.07, 6.45) is 0. The Hall–Kier alpha value is -1.33. The van der Waals surface area contributed by atoms with Crippen molar-refractivity contribution in [1.29, 1.82) is 0 Å². The highest BCUT2D eigenvalue weighted by Gasteiger charge is 2.14. The van der Waals surface area contributed by atoms with Gasteiger partial charge in [-0.15, -0.1) is 0 Å². The molecule has 1 aromatic heterocycles. The standard InChI is InChI=1S/C13H21NO4/c1-4-17-8-11(9(2)3)14-7-10-5-6-12(18-10)13(15)16/h5-6,9,11,14H,4,7-8H2,1-3H3,(H,15,16). The quantitative estimate of drug-likeness (QED) is 0.744. The maximum Gasteiger partial charge on any atom is 0.371 e. The van der Waals surface area contributed by atoms with Crippen molar-refractivity contribution in [1.82, 2.24) is 5.32 Å². The molecule has 18 heavy (non-hydrogen) atoms. The summed E-state index contributed by atoms with van der Waals surface area (Å²) in [4.78, 5) is 10.7. The molecular formula is C13H21NO4. The van der Waals surface area contributed by atoms with Crippen LogP contribution in [0.15, 0.2) is 16.5 Å². The number of hydrogen-bond acceptors (Lipinski definition) is 4. The maximum absolute atomic E-state index is 10.7. The van der Waals surface area contributed by atoms with Crippen molar-refractivity contribution >= 4 is 5.97 Å². The average Bonchev–Trinajstić information content (AvgIpc) is 2.77. The Labute approximate surface area is 107 Å². The summed E-state index contributed by atoms with van der Waals surface area (Å²) >= 11 is 0. The maximum atomic E-state index is 10.7. The highest BCUT2D eigenvalue weighted by Crippen LogP contribution is 2.09. The molecule has 2 N–H and O–H groups in total. The number of furan rings is 1. The number of nitrogens with one attached hydrogen (secondary N) is 1. The molecular weight excluding hydrogens is 234 g/mol. The highest BCUT2D eigenvalue weighted by molar-refractivity contribution is 5.84. The highest BCUT2D eigenvalue weighted by atomic mass is 16.5. The van der Waals surface area contributed by atoms with E-state index in [0.29, 0.717) is 31.4 Å². The van der Waals surface area contributed by atoms with Crippen LogP contribution in [0.3, 0.4) is 0 Å². The normalized spacial score (nSPS) is 12.9. The largest absolute Gasteiger partial charge is 0.475 e. The lowest BCUT2D eigenvalue weighted by atomic mass is 10.1. The van der Waals surface area contributed by atoms with Gasteiger partial charge in [0.1, 0.15) is 5.76 Å². The third-order valence-corrected chi connectivity index (χ3v) is 2.72. The van der Waals surface area contributed by atoms with Crippen molar-refractivity contribution in [3.05, 3.63) is 23.7 Å². The lowest BCUT2D eigenvalue weighted by Crippen LogP contribution is -2.37. The van der Waals surface area contributed by atoms with Crippen LogP contribution < -0.4 is 5.32 Å². The van der Waals surface area contributed by atoms with Crippen molar-refractivity contribution in [2.45, 2.75) is 33.4 Å². The molecule has 5 heteroatoms. The Balaban J connectivity index is 2.47. The molecule has 0 spiro atoms. The Morgan fingerprint density at radius 1 is 1.50 bits per heavy atom. The summed E-state index contributed by atoms with van der Waals surface area (Å²) in [6, 6.07) is 3.36. The van der Waals surface area contributed by atoms with E-state index >= 15 is 0 Å². The van der Waals surface area contributed by atoms with Gasteiger partial charge in [0.25, 0.3) is 0 Å². The first-order chi connectivity index (χ1) is 8.54. The van der Waals surface area contributed by atoms with Gasteiger partial charge in [0.05, 0.1) is 13.2 Å². The molecule has 0 aliphatic heterocycles. The van der Waals surface area contributed by atoms with Crippen LogP contribution in [0.1, 0.15) is 37.1 Å². The fourth-order valence-electron chi connectivity index (χ4n) is 1.55. The molecule has 1 rings (SSSR count). The first kappa shape index (κ1) is 14.7. The number of rotatable bonds is 8. The number of hydrogen-bond donors (Lipinski definition) is 2. The zero-order chi connectivity index (χ0) is 13.5. The number of ether oxygens (including phenoxy) is 1. The van der Waals surface area contributed by atoms with Gasteiger partial charge in [-0.05, 0) is 25.0 Å². The van der Waals surface area contributed by atoms with Gasteiger partial charge in [0.15, 0.2) is 0 Å². The number of aromatic carboxylic acids is 1. The van der Waals surface area contributed by atoms with E-state index in [9.17, 15) is 4.79 Å². The molecule has 1 atom stereocenters. The van der Waals surface area contributed by atoms with Crippen LogP contribution in [-0.2, 0) is 11.3 Å². The lowest BCUT2D eigenvalue weighted by molar-refractivity contribution is 0.0659. The first-order valence-corrected chi connectivity index (χ1v) is 6.17. The molecule has 1 unspecified atom stereocenters. The second kappa shape index (κ2) is 7.18. The van der Waals surface area contributed by atoms with Crippen molar-refractivity contribution in [2.75, 3.05) is 13.2 Å². The van der Waals surface area contributed by atoms with E-state index < -0.39 is 5.97 Å². The van der Waals surface area contributed by atoms with Gasteiger partial charge in [0, 0.05) is 12.6 Å². The molecule has 0 fully saturated rings. The van der Waals surface area contributed by atoms with Crippen molar-refractivity contribution in [2.24, 2.45) is 5.92 Å². The minimum absolute atomic E-state index is 0.0299. The molecule has 0 saturated heterocycles. The smallest absolute Gasteiger partial charge is 0.371 e. The number of carbonyl (C=O) groups is 1. The van der Waals surface area contributed by atoms with Gasteiger partial charge < -0.3 is 19.6 Å². The topological polar surface area (TPSA) is 71.7 Å². The van der Waals surface area contributed by atoms with Gasteiger partial charge in [-0.1, -0.05) is 13.8 Å². The van der Waals surface area contributed by atoms with Crippen LogP contribution in [-0.4, -0.2) is 30.3 Å². The molecule has 0 radical (unpaired) electrons. The lowest BCUT2D eigenvalue weighted by Gasteiger charge is -2.21. The predicted octanol–water partition coefficient (Wildman–Crippen LogP) is 2.13. The Kier molecular flexibility index (Phi) is 5.88. The molecule has 0 aromatic carbocycles. The van der Waals surface area contributed by atoms with Gasteiger partial charge in [0.2, 0.25) is 5.76 Å². The number of carboxylic acids is 1. The summed E-state index contributed by atoms with van der Waals surface area (Å²) in [6.45, 7) is 8.02. The molecule has 0 aliphatic rings. The average molecular weight is 255 g/mol. The van der Waals surface area contributed by atoms with E-state index in [1.54, 1.807) is 6.07 Å². The van der Waals surface area contributed by atoms with Gasteiger partial charge in [-0.25, -0.2) is 4.79 Å². The third kappa shape index (κ3) is 4.50. The van der Waals surface area contributed by atoms with E-state index in [2.05, 4.69) is 19.2 Å². The van der Waals surface area contributed by atoms with Gasteiger partial charge in [-0.3, -0.25) is 0 Å². The second-order valence-corrected chi connectivity index (χ2v) is 4.46. The van der Waals surface area contributed by atoms with E-state index in [0.717, 1.165) is 0 Å². The van der Waals surface area contributed by atoms with E-state index in [-0.39, 0.29) is 11.8 Å². The Bertz CT molecular complexity index is 373. The van der Waals surface area contributed by atoms with Crippen LogP contribution in [0.25, 0.3) is 0 Å². The van der Waals surface area contributed by atoms with Crippen LogP contribution in [0.5, 0.6) is 0 Å². The SMILES string of the molecule is CCOCC(NCc1ccc(C(=O)O)o1)C(C)C. The fourth-order valence-corrected chi connectivity index (χ4v) is 1.55. The summed E-state index contributed by atoms with van der Waals surface area (Å²) < 4.78 is 10.6. The van der Waals surface area contributed by atoms with Crippen molar-refractivity contribution in [3.8, 4) is 0 Å². The molecule has 0 bridgehead atoms. The molecule has 0 saturated carbocycles. The van der Waals surface area contributed by atoms with Gasteiger partial charge >= 0.3 is 5.97 Å². The molecule has 0 amide bonds. The second-order valence-electron chi connectivity index (χ2n) is 4.46. The fraction of sp³-hybridized carbons (Fsp3) is 0.615. The van der Waals surface area contributed by atoms with Crippen LogP contribution >= 0.6 is 0 Å². The minimum atomic E-state index is -1.05. The zero-order valence-corrected chi connectivity index (χ0v) is 11.1. The van der Waals surface area contributed by atoms with Crippen LogP contribution in [0.4, 0.5) is 0 Å². The third-order valence-electron chi connectivity index (χ3n) is 2.72. The van der Waals surface area contributed by atoms with Crippen LogP contribution in [0.2, 0.25) is 0 Å². The van der Waals surface area contributed by atoms with Crippen molar-refractivity contribution in [3.63, 3.8) is 0 Å². The summed E-state index contributed by atoms with van der Waals surface area (Å²) in [7, 11) is 0. The minimum Gasteiger partial charge on any atom is -0.475 e. The van der Waals surface area contributed by atoms with Crippen molar-refractivity contribution < 1.29 is 19.1 Å². The molecule has 1 aromatic rings. The van der Waals surface area contributed by atoms with Crippen LogP contribution in [0, 0.1) is 5.92 Å². The molecule has 0 aliphatic carbocycles. The number of carboxylic acid groups (broad SMARTS) is 1. The summed E-state index contributed by atoms with van der Waals surface area (Å²) in [5.41, 5.74) is 0. The van der Waals surface area contributed by atoms with Gasteiger partial charge in [-0.2, -0.15) is 0 Å². The zero-order valence-electron chi connectivity index (χ0n) is 11.1. The Morgan fingerprint density at radius 2 is 2.22 bits per heavy atom. The summed E-state index contributed by atoms with van der Waals surface area (Å²) in [5.74, 6) is -0.0197. The predicted molar refractivity (Wildman–Crippen MR) is 67.6 cm³/mol. The first-order valence-electron chi connectivity index (χ1n) is 6.17. The molecule has 5 nitrogen and oxygen atoms in total. The Morgan fingerprint density at radius 3 is 2.72 bits per heavy atom. The summed E-state index contributed by atoms with van der Waals surface area (Å²) in [5, 5.41) is 12.1. The molecule has 1 heterocycles. The molecule has 102 valence electrons. The monoisotopic (exact) mass is 255 g/mol. The van der Waals surface area contributed by atoms with E-state index in [1.807, 2.05) is 6.92 Å². The van der Waals surface area contributed by atoms with E-state index in [1.165, 1.54) is 6.07 Å². The van der Waals surface area contributed by atoms with E-state index in [4.69, 9.17) is 14.3 Å².